The van der Waals surface area contributed by atoms with Crippen LogP contribution in [-0.2, 0) is 21.4 Å². The van der Waals surface area contributed by atoms with Crippen molar-refractivity contribution in [1.82, 2.24) is 14.3 Å². The molecule has 40 heavy (non-hydrogen) atoms. The van der Waals surface area contributed by atoms with E-state index in [1.54, 1.807) is 49.7 Å². The van der Waals surface area contributed by atoms with Crippen LogP contribution in [0.15, 0.2) is 59.8 Å². The fourth-order valence-electron chi connectivity index (χ4n) is 4.69. The number of sulfonamides is 1. The lowest BCUT2D eigenvalue weighted by Crippen LogP contribution is -2.44. The minimum atomic E-state index is -4.19. The van der Waals surface area contributed by atoms with Crippen molar-refractivity contribution in [2.75, 3.05) is 32.2 Å². The van der Waals surface area contributed by atoms with E-state index in [0.29, 0.717) is 28.2 Å². The highest BCUT2D eigenvalue weighted by molar-refractivity contribution is 7.89. The Morgan fingerprint density at radius 1 is 1.10 bits per heavy atom. The van der Waals surface area contributed by atoms with E-state index in [1.807, 2.05) is 6.07 Å². The number of amides is 1. The van der Waals surface area contributed by atoms with Crippen LogP contribution in [0.2, 0.25) is 0 Å². The van der Waals surface area contributed by atoms with E-state index >= 15 is 0 Å². The van der Waals surface area contributed by atoms with Gasteiger partial charge in [0.05, 0.1) is 20.8 Å². The lowest BCUT2D eigenvalue weighted by atomic mass is 9.96. The number of piperidine rings is 1. The van der Waals surface area contributed by atoms with Gasteiger partial charge in [-0.3, -0.25) is 14.7 Å². The highest BCUT2D eigenvalue weighted by Gasteiger charge is 2.36. The third-order valence-electron chi connectivity index (χ3n) is 6.77. The van der Waals surface area contributed by atoms with E-state index in [2.05, 4.69) is 4.98 Å². The van der Waals surface area contributed by atoms with Crippen LogP contribution in [0.25, 0.3) is 10.2 Å². The van der Waals surface area contributed by atoms with Crippen LogP contribution >= 0.6 is 11.3 Å². The minimum absolute atomic E-state index is 0.0117. The quantitative estimate of drug-likeness (QED) is 0.296. The largest absolute Gasteiger partial charge is 0.495 e. The van der Waals surface area contributed by atoms with Crippen LogP contribution < -0.4 is 14.4 Å². The van der Waals surface area contributed by atoms with Crippen molar-refractivity contribution in [3.8, 4) is 11.5 Å². The van der Waals surface area contributed by atoms with Crippen LogP contribution in [0, 0.1) is 17.6 Å². The number of aromatic nitrogens is 2. The predicted octanol–water partition coefficient (Wildman–Crippen LogP) is 4.62. The van der Waals surface area contributed by atoms with Crippen LogP contribution in [0.4, 0.5) is 13.9 Å². The minimum Gasteiger partial charge on any atom is -0.495 e. The maximum absolute atomic E-state index is 14.3. The molecule has 0 aliphatic carbocycles. The number of halogens is 2. The van der Waals surface area contributed by atoms with Crippen molar-refractivity contribution < 1.29 is 31.5 Å². The van der Waals surface area contributed by atoms with Crippen molar-refractivity contribution in [3.05, 3.63) is 72.1 Å². The molecule has 0 spiro atoms. The summed E-state index contributed by atoms with van der Waals surface area (Å²) >= 11 is 1.29. The monoisotopic (exact) mass is 588 g/mol. The first-order valence-electron chi connectivity index (χ1n) is 12.4. The zero-order valence-corrected chi connectivity index (χ0v) is 23.3. The molecule has 2 aromatic heterocycles. The molecule has 1 aliphatic rings. The molecule has 13 heteroatoms. The van der Waals surface area contributed by atoms with Crippen molar-refractivity contribution in [3.63, 3.8) is 0 Å². The number of benzene rings is 2. The third kappa shape index (κ3) is 5.36. The third-order valence-corrected chi connectivity index (χ3v) is 9.80. The number of thiazole rings is 1. The number of carbonyl (C=O) groups is 1. The maximum atomic E-state index is 14.3. The number of ether oxygens (including phenoxy) is 2. The molecule has 0 N–H and O–H groups in total. The molecular formula is C27H26F2N4O5S2. The second-order valence-corrected chi connectivity index (χ2v) is 12.1. The molecule has 0 saturated carbocycles. The molecule has 4 aromatic rings. The maximum Gasteiger partial charge on any atom is 0.245 e. The Labute approximate surface area is 234 Å². The molecular weight excluding hydrogens is 562 g/mol. The van der Waals surface area contributed by atoms with Gasteiger partial charge in [0.1, 0.15) is 38.2 Å². The Bertz CT molecular complexity index is 1600. The van der Waals surface area contributed by atoms with Crippen molar-refractivity contribution in [2.24, 2.45) is 5.92 Å². The number of fused-ring (bicyclic) bond motifs is 1. The van der Waals surface area contributed by atoms with Gasteiger partial charge in [-0.2, -0.15) is 4.31 Å². The van der Waals surface area contributed by atoms with E-state index < -0.39 is 32.5 Å². The van der Waals surface area contributed by atoms with E-state index in [4.69, 9.17) is 14.5 Å². The van der Waals surface area contributed by atoms with E-state index in [0.717, 1.165) is 26.7 Å². The van der Waals surface area contributed by atoms with E-state index in [9.17, 15) is 22.0 Å². The molecule has 9 nitrogen and oxygen atoms in total. The predicted molar refractivity (Wildman–Crippen MR) is 146 cm³/mol. The highest BCUT2D eigenvalue weighted by Crippen LogP contribution is 2.41. The van der Waals surface area contributed by atoms with Gasteiger partial charge in [-0.15, -0.1) is 0 Å². The average molecular weight is 589 g/mol. The average Bonchev–Trinajstić information content (AvgIpc) is 3.41. The van der Waals surface area contributed by atoms with Gasteiger partial charge in [-0.1, -0.05) is 17.4 Å². The summed E-state index contributed by atoms with van der Waals surface area (Å²) in [5.74, 6) is -1.59. The molecule has 1 fully saturated rings. The van der Waals surface area contributed by atoms with E-state index in [1.165, 1.54) is 11.3 Å². The molecule has 3 heterocycles. The van der Waals surface area contributed by atoms with Crippen LogP contribution in [-0.4, -0.2) is 55.9 Å². The Balaban J connectivity index is 1.42. The standard InChI is InChI=1S/C27H26F2N4O5S2/c1-37-21-6-7-22(38-2)25-24(21)31-27(39-25)33(16-17-4-3-11-30-15-17)26(34)18-9-12-32(13-10-18)40(35,36)23-8-5-19(28)14-20(23)29/h3-8,11,14-15,18H,9-10,12-13,16H2,1-2H3. The number of methoxy groups -OCH3 is 2. The molecule has 0 bridgehead atoms. The molecule has 1 aliphatic heterocycles. The zero-order chi connectivity index (χ0) is 28.4. The SMILES string of the molecule is COc1ccc(OC)c2sc(N(Cc3cccnc3)C(=O)C3CCN(S(=O)(=O)c4ccc(F)cc4F)CC3)nc12. The number of anilines is 1. The first kappa shape index (κ1) is 27.9. The summed E-state index contributed by atoms with van der Waals surface area (Å²) in [6, 6.07) is 9.53. The number of hydrogen-bond acceptors (Lipinski definition) is 8. The van der Waals surface area contributed by atoms with E-state index in [-0.39, 0.29) is 38.4 Å². The summed E-state index contributed by atoms with van der Waals surface area (Å²) in [5.41, 5.74) is 1.36. The number of nitrogens with zero attached hydrogens (tertiary/aromatic N) is 4. The molecule has 0 radical (unpaired) electrons. The molecule has 0 atom stereocenters. The van der Waals surface area contributed by atoms with Gasteiger partial charge in [-0.25, -0.2) is 22.2 Å². The zero-order valence-electron chi connectivity index (χ0n) is 21.7. The van der Waals surface area contributed by atoms with Gasteiger partial charge < -0.3 is 9.47 Å². The molecule has 0 unspecified atom stereocenters. The summed E-state index contributed by atoms with van der Waals surface area (Å²) in [6.45, 7) is 0.228. The number of pyridine rings is 1. The lowest BCUT2D eigenvalue weighted by Gasteiger charge is -2.33. The molecule has 1 amide bonds. The van der Waals surface area contributed by atoms with Crippen LogP contribution in [0.5, 0.6) is 11.5 Å². The first-order valence-corrected chi connectivity index (χ1v) is 14.7. The highest BCUT2D eigenvalue weighted by atomic mass is 32.2. The summed E-state index contributed by atoms with van der Waals surface area (Å²) in [7, 11) is -1.10. The van der Waals surface area contributed by atoms with Crippen LogP contribution in [0.3, 0.4) is 0 Å². The van der Waals surface area contributed by atoms with Crippen molar-refractivity contribution in [1.29, 1.82) is 0 Å². The molecule has 5 rings (SSSR count). The van der Waals surface area contributed by atoms with Crippen molar-refractivity contribution >= 4 is 42.6 Å². The van der Waals surface area contributed by atoms with Gasteiger partial charge in [-0.05, 0) is 48.7 Å². The summed E-state index contributed by atoms with van der Waals surface area (Å²) in [5, 5.41) is 0.440. The Hall–Kier alpha value is -3.68. The second-order valence-electron chi connectivity index (χ2n) is 9.18. The Morgan fingerprint density at radius 3 is 2.48 bits per heavy atom. The summed E-state index contributed by atoms with van der Waals surface area (Å²) in [4.78, 5) is 23.8. The number of carbonyl (C=O) groups excluding carboxylic acids is 1. The number of hydrogen-bond donors (Lipinski definition) is 0. The van der Waals surface area contributed by atoms with Gasteiger partial charge in [0.2, 0.25) is 15.9 Å². The van der Waals surface area contributed by atoms with Gasteiger partial charge >= 0.3 is 0 Å². The Kier molecular flexibility index (Phi) is 7.97. The van der Waals surface area contributed by atoms with Gasteiger partial charge in [0.15, 0.2) is 5.13 Å². The topological polar surface area (TPSA) is 102 Å². The second kappa shape index (κ2) is 11.4. The summed E-state index contributed by atoms with van der Waals surface area (Å²) in [6.07, 6.45) is 3.76. The fraction of sp³-hybridized carbons (Fsp3) is 0.296. The molecule has 2 aromatic carbocycles. The molecule has 1 saturated heterocycles. The fourth-order valence-corrected chi connectivity index (χ4v) is 7.28. The van der Waals surface area contributed by atoms with Gasteiger partial charge in [0.25, 0.3) is 0 Å². The Morgan fingerprint density at radius 2 is 1.82 bits per heavy atom. The van der Waals surface area contributed by atoms with Crippen molar-refractivity contribution in [2.45, 2.75) is 24.3 Å². The smallest absolute Gasteiger partial charge is 0.245 e. The molecule has 210 valence electrons. The van der Waals surface area contributed by atoms with Crippen LogP contribution in [0.1, 0.15) is 18.4 Å². The summed E-state index contributed by atoms with van der Waals surface area (Å²) < 4.78 is 66.5. The lowest BCUT2D eigenvalue weighted by molar-refractivity contribution is -0.123. The first-order chi connectivity index (χ1) is 19.2. The number of rotatable bonds is 8. The normalized spacial score (nSPS) is 14.8. The van der Waals surface area contributed by atoms with Gasteiger partial charge in [0, 0.05) is 37.5 Å².